The molecule has 0 saturated carbocycles. The first-order valence-electron chi connectivity index (χ1n) is 9.06. The van der Waals surface area contributed by atoms with Gasteiger partial charge in [0.1, 0.15) is 17.6 Å². The fourth-order valence-corrected chi connectivity index (χ4v) is 3.57. The number of nitrogens with one attached hydrogen (secondary N) is 1. The zero-order valence-electron chi connectivity index (χ0n) is 15.2. The van der Waals surface area contributed by atoms with Crippen molar-refractivity contribution in [3.05, 3.63) is 83.8 Å². The number of methoxy groups -OCH3 is 1. The summed E-state index contributed by atoms with van der Waals surface area (Å²) in [5, 5.41) is 3.05. The highest BCUT2D eigenvalue weighted by Crippen LogP contribution is 2.35. The summed E-state index contributed by atoms with van der Waals surface area (Å²) in [6.45, 7) is 1.37. The molecule has 0 bridgehead atoms. The van der Waals surface area contributed by atoms with Gasteiger partial charge in [0.25, 0.3) is 5.91 Å². The number of ether oxygens (including phenoxy) is 1. The monoisotopic (exact) mass is 362 g/mol. The SMILES string of the molecule is COc1ccc(C(=O)NCC(c2ccco2)N2CCc3ccccc32)cc1. The second kappa shape index (κ2) is 7.58. The van der Waals surface area contributed by atoms with E-state index >= 15 is 0 Å². The van der Waals surface area contributed by atoms with Crippen molar-refractivity contribution >= 4 is 11.6 Å². The van der Waals surface area contributed by atoms with E-state index in [-0.39, 0.29) is 11.9 Å². The highest BCUT2D eigenvalue weighted by atomic mass is 16.5. The van der Waals surface area contributed by atoms with E-state index in [4.69, 9.17) is 9.15 Å². The van der Waals surface area contributed by atoms with E-state index in [1.807, 2.05) is 18.2 Å². The van der Waals surface area contributed by atoms with Crippen LogP contribution in [-0.2, 0) is 6.42 Å². The second-order valence-electron chi connectivity index (χ2n) is 6.54. The van der Waals surface area contributed by atoms with E-state index in [0.29, 0.717) is 12.1 Å². The van der Waals surface area contributed by atoms with Gasteiger partial charge in [-0.25, -0.2) is 0 Å². The zero-order chi connectivity index (χ0) is 18.6. The first kappa shape index (κ1) is 17.2. The van der Waals surface area contributed by atoms with Gasteiger partial charge >= 0.3 is 0 Å². The van der Waals surface area contributed by atoms with E-state index in [0.717, 1.165) is 24.5 Å². The van der Waals surface area contributed by atoms with Crippen LogP contribution in [0.4, 0.5) is 5.69 Å². The van der Waals surface area contributed by atoms with Crippen LogP contribution >= 0.6 is 0 Å². The van der Waals surface area contributed by atoms with Crippen molar-refractivity contribution in [2.45, 2.75) is 12.5 Å². The van der Waals surface area contributed by atoms with E-state index in [1.165, 1.54) is 11.3 Å². The Balaban J connectivity index is 1.52. The molecule has 0 radical (unpaired) electrons. The Morgan fingerprint density at radius 3 is 2.70 bits per heavy atom. The third-order valence-electron chi connectivity index (χ3n) is 4.98. The summed E-state index contributed by atoms with van der Waals surface area (Å²) in [5.74, 6) is 1.47. The van der Waals surface area contributed by atoms with Gasteiger partial charge in [-0.2, -0.15) is 0 Å². The van der Waals surface area contributed by atoms with Crippen molar-refractivity contribution in [3.8, 4) is 5.75 Å². The maximum Gasteiger partial charge on any atom is 0.251 e. The van der Waals surface area contributed by atoms with Crippen LogP contribution in [-0.4, -0.2) is 26.1 Å². The molecule has 2 aromatic carbocycles. The molecule has 1 atom stereocenters. The van der Waals surface area contributed by atoms with Crippen molar-refractivity contribution in [2.75, 3.05) is 25.1 Å². The van der Waals surface area contributed by atoms with Crippen LogP contribution in [0, 0.1) is 0 Å². The number of nitrogens with zero attached hydrogens (tertiary/aromatic N) is 1. The Kier molecular flexibility index (Phi) is 4.83. The van der Waals surface area contributed by atoms with Gasteiger partial charge in [0.15, 0.2) is 0 Å². The molecule has 27 heavy (non-hydrogen) atoms. The molecule has 1 N–H and O–H groups in total. The minimum Gasteiger partial charge on any atom is -0.497 e. The van der Waals surface area contributed by atoms with Gasteiger partial charge in [0.2, 0.25) is 0 Å². The fourth-order valence-electron chi connectivity index (χ4n) is 3.57. The van der Waals surface area contributed by atoms with Gasteiger partial charge < -0.3 is 19.4 Å². The lowest BCUT2D eigenvalue weighted by Gasteiger charge is -2.29. The molecule has 0 spiro atoms. The highest BCUT2D eigenvalue weighted by Gasteiger charge is 2.29. The first-order valence-corrected chi connectivity index (χ1v) is 9.06. The zero-order valence-corrected chi connectivity index (χ0v) is 15.2. The number of benzene rings is 2. The normalized spacial score (nSPS) is 13.9. The number of anilines is 1. The molecule has 1 amide bonds. The summed E-state index contributed by atoms with van der Waals surface area (Å²) in [5.41, 5.74) is 3.14. The van der Waals surface area contributed by atoms with E-state index in [1.54, 1.807) is 37.6 Å². The Labute approximate surface area is 158 Å². The molecule has 1 unspecified atom stereocenters. The van der Waals surface area contributed by atoms with Crippen LogP contribution in [0.15, 0.2) is 71.3 Å². The quantitative estimate of drug-likeness (QED) is 0.724. The van der Waals surface area contributed by atoms with Crippen molar-refractivity contribution in [1.82, 2.24) is 5.32 Å². The summed E-state index contributed by atoms with van der Waals surface area (Å²) < 4.78 is 10.8. The average molecular weight is 362 g/mol. The van der Waals surface area contributed by atoms with Crippen molar-refractivity contribution in [1.29, 1.82) is 0 Å². The number of para-hydroxylation sites is 1. The van der Waals surface area contributed by atoms with Gasteiger partial charge in [-0.3, -0.25) is 4.79 Å². The van der Waals surface area contributed by atoms with Crippen LogP contribution < -0.4 is 15.0 Å². The van der Waals surface area contributed by atoms with Gasteiger partial charge in [0.05, 0.1) is 13.4 Å². The molecule has 5 heteroatoms. The van der Waals surface area contributed by atoms with Gasteiger partial charge in [-0.1, -0.05) is 18.2 Å². The van der Waals surface area contributed by atoms with E-state index in [9.17, 15) is 4.79 Å². The molecule has 3 aromatic rings. The highest BCUT2D eigenvalue weighted by molar-refractivity contribution is 5.94. The molecule has 1 aliphatic rings. The second-order valence-corrected chi connectivity index (χ2v) is 6.54. The fraction of sp³-hybridized carbons (Fsp3) is 0.227. The molecule has 1 aromatic heterocycles. The lowest BCUT2D eigenvalue weighted by molar-refractivity contribution is 0.0950. The molecule has 1 aliphatic heterocycles. The molecule has 0 fully saturated rings. The van der Waals surface area contributed by atoms with Crippen molar-refractivity contribution < 1.29 is 13.9 Å². The number of amides is 1. The molecule has 138 valence electrons. The maximum atomic E-state index is 12.6. The largest absolute Gasteiger partial charge is 0.497 e. The Morgan fingerprint density at radius 1 is 1.15 bits per heavy atom. The number of rotatable bonds is 6. The number of furan rings is 1. The standard InChI is InChI=1S/C22H22N2O3/c1-26-18-10-8-17(9-11-18)22(25)23-15-20(21-7-4-14-27-21)24-13-12-16-5-2-3-6-19(16)24/h2-11,14,20H,12-13,15H2,1H3,(H,23,25). The predicted molar refractivity (Wildman–Crippen MR) is 104 cm³/mol. The van der Waals surface area contributed by atoms with Crippen LogP contribution in [0.1, 0.15) is 27.7 Å². The third-order valence-corrected chi connectivity index (χ3v) is 4.98. The lowest BCUT2D eigenvalue weighted by Crippen LogP contribution is -2.37. The van der Waals surface area contributed by atoms with Gasteiger partial charge in [-0.05, 0) is 54.4 Å². The Hall–Kier alpha value is -3.21. The molecule has 2 heterocycles. The minimum atomic E-state index is -0.110. The number of carbonyl (C=O) groups is 1. The molecule has 4 rings (SSSR count). The number of hydrogen-bond acceptors (Lipinski definition) is 4. The molecule has 5 nitrogen and oxygen atoms in total. The van der Waals surface area contributed by atoms with Crippen LogP contribution in [0.25, 0.3) is 0 Å². The van der Waals surface area contributed by atoms with Crippen molar-refractivity contribution in [2.24, 2.45) is 0 Å². The molecular formula is C22H22N2O3. The van der Waals surface area contributed by atoms with E-state index < -0.39 is 0 Å². The predicted octanol–water partition coefficient (Wildman–Crippen LogP) is 3.82. The summed E-state index contributed by atoms with van der Waals surface area (Å²) in [6.07, 6.45) is 2.68. The maximum absolute atomic E-state index is 12.6. The minimum absolute atomic E-state index is 0.0501. The Bertz CT molecular complexity index is 904. The lowest BCUT2D eigenvalue weighted by atomic mass is 10.1. The summed E-state index contributed by atoms with van der Waals surface area (Å²) in [4.78, 5) is 14.9. The third kappa shape index (κ3) is 3.53. The smallest absolute Gasteiger partial charge is 0.251 e. The average Bonchev–Trinajstić information content (AvgIpc) is 3.39. The Morgan fingerprint density at radius 2 is 1.96 bits per heavy atom. The van der Waals surface area contributed by atoms with Crippen LogP contribution in [0.2, 0.25) is 0 Å². The van der Waals surface area contributed by atoms with E-state index in [2.05, 4.69) is 28.4 Å². The first-order chi connectivity index (χ1) is 13.3. The summed E-state index contributed by atoms with van der Waals surface area (Å²) >= 11 is 0. The molecule has 0 saturated heterocycles. The molecular weight excluding hydrogens is 340 g/mol. The summed E-state index contributed by atoms with van der Waals surface area (Å²) in [7, 11) is 1.61. The van der Waals surface area contributed by atoms with Gasteiger partial charge in [-0.15, -0.1) is 0 Å². The van der Waals surface area contributed by atoms with Crippen LogP contribution in [0.3, 0.4) is 0 Å². The summed E-state index contributed by atoms with van der Waals surface area (Å²) in [6, 6.07) is 19.3. The van der Waals surface area contributed by atoms with Crippen molar-refractivity contribution in [3.63, 3.8) is 0 Å². The number of hydrogen-bond donors (Lipinski definition) is 1. The molecule has 0 aliphatic carbocycles. The van der Waals surface area contributed by atoms with Gasteiger partial charge in [0, 0.05) is 24.3 Å². The van der Waals surface area contributed by atoms with Crippen LogP contribution in [0.5, 0.6) is 5.75 Å². The number of fused-ring (bicyclic) bond motifs is 1. The number of carbonyl (C=O) groups excluding carboxylic acids is 1. The topological polar surface area (TPSA) is 54.7 Å².